The maximum Gasteiger partial charge on any atom is 0.144 e. The van der Waals surface area contributed by atoms with Gasteiger partial charge in [-0.15, -0.1) is 0 Å². The lowest BCUT2D eigenvalue weighted by Crippen LogP contribution is -2.35. The average molecular weight is 441 g/mol. The van der Waals surface area contributed by atoms with Crippen molar-refractivity contribution in [1.82, 2.24) is 9.55 Å². The summed E-state index contributed by atoms with van der Waals surface area (Å²) in [6.07, 6.45) is 5.53. The molecule has 1 aromatic heterocycles. The van der Waals surface area contributed by atoms with E-state index in [0.29, 0.717) is 19.8 Å². The molecule has 1 saturated heterocycles. The van der Waals surface area contributed by atoms with Gasteiger partial charge in [0.15, 0.2) is 0 Å². The van der Waals surface area contributed by atoms with Crippen molar-refractivity contribution in [2.45, 2.75) is 25.0 Å². The van der Waals surface area contributed by atoms with Crippen LogP contribution in [0.3, 0.4) is 0 Å². The van der Waals surface area contributed by atoms with E-state index in [-0.39, 0.29) is 5.60 Å². The van der Waals surface area contributed by atoms with Gasteiger partial charge >= 0.3 is 0 Å². The zero-order valence-corrected chi connectivity index (χ0v) is 18.8. The quantitative estimate of drug-likeness (QED) is 0.366. The van der Waals surface area contributed by atoms with E-state index in [0.717, 1.165) is 46.8 Å². The molecular formula is C28H28N2O3. The van der Waals surface area contributed by atoms with Gasteiger partial charge in [-0.1, -0.05) is 54.6 Å². The molecule has 0 bridgehead atoms. The van der Waals surface area contributed by atoms with Crippen molar-refractivity contribution in [2.24, 2.45) is 0 Å². The highest BCUT2D eigenvalue weighted by molar-refractivity contribution is 5.58. The van der Waals surface area contributed by atoms with Crippen LogP contribution in [0.25, 0.3) is 17.1 Å². The van der Waals surface area contributed by atoms with Crippen LogP contribution in [0, 0.1) is 0 Å². The topological polar surface area (TPSA) is 45.5 Å². The number of methoxy groups -OCH3 is 1. The van der Waals surface area contributed by atoms with Gasteiger partial charge in [0.1, 0.15) is 18.2 Å². The second kappa shape index (κ2) is 9.61. The predicted molar refractivity (Wildman–Crippen MR) is 129 cm³/mol. The van der Waals surface area contributed by atoms with Crippen LogP contribution in [-0.2, 0) is 21.7 Å². The number of ether oxygens (including phenoxy) is 3. The summed E-state index contributed by atoms with van der Waals surface area (Å²) in [6.45, 7) is 1.94. The average Bonchev–Trinajstić information content (AvgIpc) is 3.39. The first-order valence-corrected chi connectivity index (χ1v) is 11.3. The lowest BCUT2D eigenvalue weighted by Gasteiger charge is -2.36. The molecule has 168 valence electrons. The molecule has 3 aromatic carbocycles. The molecule has 5 rings (SSSR count). The van der Waals surface area contributed by atoms with E-state index in [1.54, 1.807) is 7.11 Å². The van der Waals surface area contributed by atoms with Crippen molar-refractivity contribution in [3.63, 3.8) is 0 Å². The zero-order chi connectivity index (χ0) is 22.5. The van der Waals surface area contributed by atoms with Gasteiger partial charge in [0, 0.05) is 56.8 Å². The lowest BCUT2D eigenvalue weighted by molar-refractivity contribution is -0.0948. The zero-order valence-electron chi connectivity index (χ0n) is 18.8. The van der Waals surface area contributed by atoms with E-state index in [1.807, 2.05) is 42.7 Å². The van der Waals surface area contributed by atoms with E-state index in [9.17, 15) is 0 Å². The van der Waals surface area contributed by atoms with Gasteiger partial charge in [-0.2, -0.15) is 0 Å². The van der Waals surface area contributed by atoms with Crippen molar-refractivity contribution in [2.75, 3.05) is 20.3 Å². The van der Waals surface area contributed by atoms with Crippen LogP contribution in [0.2, 0.25) is 0 Å². The molecule has 0 N–H and O–H groups in total. The largest absolute Gasteiger partial charge is 0.489 e. The van der Waals surface area contributed by atoms with Crippen molar-refractivity contribution in [3.8, 4) is 22.8 Å². The molecule has 0 atom stereocenters. The minimum atomic E-state index is -0.291. The van der Waals surface area contributed by atoms with Gasteiger partial charge in [0.25, 0.3) is 0 Å². The molecule has 4 aromatic rings. The molecule has 1 aliphatic rings. The second-order valence-electron chi connectivity index (χ2n) is 8.28. The van der Waals surface area contributed by atoms with E-state index in [1.165, 1.54) is 0 Å². The number of nitrogens with zero attached hydrogens (tertiary/aromatic N) is 2. The van der Waals surface area contributed by atoms with E-state index in [2.05, 4.69) is 58.1 Å². The number of rotatable bonds is 7. The summed E-state index contributed by atoms with van der Waals surface area (Å²) < 4.78 is 19.7. The van der Waals surface area contributed by atoms with Gasteiger partial charge in [-0.3, -0.25) is 4.57 Å². The highest BCUT2D eigenvalue weighted by Crippen LogP contribution is 2.37. The van der Waals surface area contributed by atoms with Crippen LogP contribution in [0.4, 0.5) is 0 Å². The second-order valence-corrected chi connectivity index (χ2v) is 8.28. The Labute approximate surface area is 194 Å². The molecule has 0 radical (unpaired) electrons. The number of aromatic nitrogens is 2. The molecule has 0 unspecified atom stereocenters. The van der Waals surface area contributed by atoms with Crippen LogP contribution >= 0.6 is 0 Å². The fraction of sp³-hybridized carbons (Fsp3) is 0.250. The number of hydrogen-bond acceptors (Lipinski definition) is 4. The summed E-state index contributed by atoms with van der Waals surface area (Å²) in [6, 6.07) is 26.9. The first kappa shape index (κ1) is 21.4. The first-order valence-electron chi connectivity index (χ1n) is 11.3. The Morgan fingerprint density at radius 1 is 0.939 bits per heavy atom. The first-order chi connectivity index (χ1) is 16.3. The number of benzene rings is 3. The molecular weight excluding hydrogens is 412 g/mol. The Hall–Kier alpha value is -3.41. The van der Waals surface area contributed by atoms with Crippen molar-refractivity contribution < 1.29 is 14.2 Å². The standard InChI is InChI=1S/C28H28N2O3/c1-31-28(14-18-32-19-15-28)24-8-5-9-26(20-24)33-21-22-10-12-25(13-11-22)30-17-16-29-27(30)23-6-3-2-4-7-23/h2-13,16-17,20H,14-15,18-19,21H2,1H3. The van der Waals surface area contributed by atoms with E-state index >= 15 is 0 Å². The van der Waals surface area contributed by atoms with Crippen LogP contribution in [0.5, 0.6) is 5.75 Å². The van der Waals surface area contributed by atoms with Crippen LogP contribution in [-0.4, -0.2) is 29.9 Å². The molecule has 2 heterocycles. The highest BCUT2D eigenvalue weighted by Gasteiger charge is 2.34. The summed E-state index contributed by atoms with van der Waals surface area (Å²) >= 11 is 0. The summed E-state index contributed by atoms with van der Waals surface area (Å²) in [7, 11) is 1.78. The van der Waals surface area contributed by atoms with E-state index in [4.69, 9.17) is 14.2 Å². The smallest absolute Gasteiger partial charge is 0.144 e. The molecule has 0 saturated carbocycles. The fourth-order valence-electron chi connectivity index (χ4n) is 4.41. The van der Waals surface area contributed by atoms with Crippen molar-refractivity contribution in [1.29, 1.82) is 0 Å². The maximum atomic E-state index is 6.13. The Morgan fingerprint density at radius 3 is 2.48 bits per heavy atom. The molecule has 1 fully saturated rings. The Morgan fingerprint density at radius 2 is 1.73 bits per heavy atom. The minimum absolute atomic E-state index is 0.291. The molecule has 33 heavy (non-hydrogen) atoms. The van der Waals surface area contributed by atoms with Gasteiger partial charge in [0.2, 0.25) is 0 Å². The minimum Gasteiger partial charge on any atom is -0.489 e. The molecule has 5 heteroatoms. The normalized spacial score (nSPS) is 15.3. The van der Waals surface area contributed by atoms with Gasteiger partial charge in [-0.25, -0.2) is 4.98 Å². The third-order valence-electron chi connectivity index (χ3n) is 6.34. The van der Waals surface area contributed by atoms with Crippen molar-refractivity contribution >= 4 is 0 Å². The Balaban J connectivity index is 1.28. The Kier molecular flexibility index (Phi) is 6.24. The van der Waals surface area contributed by atoms with Crippen LogP contribution in [0.15, 0.2) is 91.3 Å². The SMILES string of the molecule is COC1(c2cccc(OCc3ccc(-n4ccnc4-c4ccccc4)cc3)c2)CCOCC1. The highest BCUT2D eigenvalue weighted by atomic mass is 16.5. The third-order valence-corrected chi connectivity index (χ3v) is 6.34. The molecule has 1 aliphatic heterocycles. The fourth-order valence-corrected chi connectivity index (χ4v) is 4.41. The molecule has 0 amide bonds. The lowest BCUT2D eigenvalue weighted by atomic mass is 9.86. The van der Waals surface area contributed by atoms with Gasteiger partial charge in [-0.05, 0) is 35.4 Å². The van der Waals surface area contributed by atoms with E-state index < -0.39 is 0 Å². The number of imidazole rings is 1. The molecule has 5 nitrogen and oxygen atoms in total. The summed E-state index contributed by atoms with van der Waals surface area (Å²) in [5, 5.41) is 0. The van der Waals surface area contributed by atoms with Crippen molar-refractivity contribution in [3.05, 3.63) is 102 Å². The molecule has 0 aliphatic carbocycles. The van der Waals surface area contributed by atoms with Gasteiger partial charge in [0.05, 0.1) is 5.60 Å². The molecule has 0 spiro atoms. The summed E-state index contributed by atoms with van der Waals surface area (Å²) in [5.41, 5.74) is 4.13. The van der Waals surface area contributed by atoms with Crippen LogP contribution < -0.4 is 4.74 Å². The maximum absolute atomic E-state index is 6.13. The monoisotopic (exact) mass is 440 g/mol. The summed E-state index contributed by atoms with van der Waals surface area (Å²) in [5.74, 6) is 1.78. The Bertz CT molecular complexity index is 1180. The summed E-state index contributed by atoms with van der Waals surface area (Å²) in [4.78, 5) is 4.54. The predicted octanol–water partition coefficient (Wildman–Crippen LogP) is 5.77. The third kappa shape index (κ3) is 4.56. The number of hydrogen-bond donors (Lipinski definition) is 0. The van der Waals surface area contributed by atoms with Gasteiger partial charge < -0.3 is 14.2 Å². The van der Waals surface area contributed by atoms with Crippen LogP contribution in [0.1, 0.15) is 24.0 Å².